The molecule has 2 bridgehead atoms. The number of carbonyl (C=O) groups excluding carboxylic acids is 1. The van der Waals surface area contributed by atoms with Crippen LogP contribution in [0.3, 0.4) is 0 Å². The van der Waals surface area contributed by atoms with Crippen molar-refractivity contribution in [3.63, 3.8) is 0 Å². The van der Waals surface area contributed by atoms with Crippen molar-refractivity contribution in [3.05, 3.63) is 58.6 Å². The zero-order chi connectivity index (χ0) is 16.9. The molecule has 2 amide bonds. The van der Waals surface area contributed by atoms with Crippen LogP contribution in [0.15, 0.2) is 42.5 Å². The highest BCUT2D eigenvalue weighted by Crippen LogP contribution is 2.46. The smallest absolute Gasteiger partial charge is 0.325 e. The van der Waals surface area contributed by atoms with Gasteiger partial charge in [-0.25, -0.2) is 4.79 Å². The van der Waals surface area contributed by atoms with Crippen LogP contribution in [-0.4, -0.2) is 11.8 Å². The lowest BCUT2D eigenvalue weighted by Gasteiger charge is -2.50. The first kappa shape index (κ1) is 15.3. The molecular weight excluding hydrogens is 324 g/mol. The van der Waals surface area contributed by atoms with Crippen molar-refractivity contribution in [1.29, 1.82) is 0 Å². The van der Waals surface area contributed by atoms with Crippen LogP contribution in [0, 0.1) is 0 Å². The van der Waals surface area contributed by atoms with Gasteiger partial charge in [-0.1, -0.05) is 30.7 Å². The lowest BCUT2D eigenvalue weighted by Crippen LogP contribution is -2.65. The summed E-state index contributed by atoms with van der Waals surface area (Å²) in [6.45, 7) is 4.07. The van der Waals surface area contributed by atoms with E-state index in [1.165, 1.54) is 5.56 Å². The van der Waals surface area contributed by atoms with Crippen LogP contribution in [0.5, 0.6) is 5.75 Å². The van der Waals surface area contributed by atoms with E-state index in [1.54, 1.807) is 4.90 Å². The molecule has 1 fully saturated rings. The maximum Gasteiger partial charge on any atom is 0.325 e. The number of hydrogen-bond donors (Lipinski definition) is 1. The Morgan fingerprint density at radius 3 is 2.75 bits per heavy atom. The van der Waals surface area contributed by atoms with E-state index in [4.69, 9.17) is 16.3 Å². The number of fused-ring (bicyclic) bond motifs is 4. The van der Waals surface area contributed by atoms with E-state index in [2.05, 4.69) is 24.4 Å². The Morgan fingerprint density at radius 1 is 1.29 bits per heavy atom. The third-order valence-corrected chi connectivity index (χ3v) is 5.07. The average molecular weight is 343 g/mol. The molecule has 2 aliphatic heterocycles. The summed E-state index contributed by atoms with van der Waals surface area (Å²) in [6, 6.07) is 13.4. The molecule has 1 saturated heterocycles. The molecular formula is C19H19ClN2O2. The third-order valence-electron chi connectivity index (χ3n) is 4.84. The zero-order valence-corrected chi connectivity index (χ0v) is 14.4. The molecule has 1 N–H and O–H groups in total. The minimum atomic E-state index is -0.721. The van der Waals surface area contributed by atoms with Gasteiger partial charge in [-0.2, -0.15) is 0 Å². The maximum atomic E-state index is 12.8. The average Bonchev–Trinajstić information content (AvgIpc) is 2.55. The van der Waals surface area contributed by atoms with Crippen molar-refractivity contribution in [2.45, 2.75) is 38.5 Å². The van der Waals surface area contributed by atoms with E-state index in [0.717, 1.165) is 23.4 Å². The molecule has 0 radical (unpaired) electrons. The lowest BCUT2D eigenvalue weighted by molar-refractivity contribution is 0.0379. The van der Waals surface area contributed by atoms with E-state index in [0.29, 0.717) is 11.4 Å². The predicted octanol–water partition coefficient (Wildman–Crippen LogP) is 4.67. The van der Waals surface area contributed by atoms with Crippen molar-refractivity contribution in [3.8, 4) is 5.75 Å². The van der Waals surface area contributed by atoms with Crippen LogP contribution in [0.1, 0.15) is 37.4 Å². The summed E-state index contributed by atoms with van der Waals surface area (Å²) in [6.07, 6.45) is 1.64. The number of ether oxygens (including phenoxy) is 1. The Kier molecular flexibility index (Phi) is 3.46. The van der Waals surface area contributed by atoms with Gasteiger partial charge in [0, 0.05) is 22.7 Å². The molecule has 2 heterocycles. The van der Waals surface area contributed by atoms with Gasteiger partial charge in [0.25, 0.3) is 0 Å². The molecule has 4 rings (SSSR count). The molecule has 4 nitrogen and oxygen atoms in total. The molecule has 124 valence electrons. The normalized spacial score (nSPS) is 24.9. The quantitative estimate of drug-likeness (QED) is 0.861. The van der Waals surface area contributed by atoms with Gasteiger partial charge >= 0.3 is 6.03 Å². The number of anilines is 1. The summed E-state index contributed by atoms with van der Waals surface area (Å²) in [5.41, 5.74) is 2.29. The van der Waals surface area contributed by atoms with Gasteiger partial charge < -0.3 is 10.1 Å². The standard InChI is InChI=1S/C19H19ClN2O2/c1-3-12-4-7-14(8-5-12)22-18(23)21-16-11-19(22,2)24-17-9-6-13(20)10-15(16)17/h4-10,16H,3,11H2,1-2H3,(H,21,23). The molecule has 2 aromatic rings. The van der Waals surface area contributed by atoms with Crippen LogP contribution in [0.25, 0.3) is 0 Å². The van der Waals surface area contributed by atoms with Crippen molar-refractivity contribution in [1.82, 2.24) is 5.32 Å². The van der Waals surface area contributed by atoms with Crippen LogP contribution >= 0.6 is 11.6 Å². The van der Waals surface area contributed by atoms with E-state index in [-0.39, 0.29) is 12.1 Å². The van der Waals surface area contributed by atoms with Crippen molar-refractivity contribution in [2.75, 3.05) is 4.90 Å². The van der Waals surface area contributed by atoms with Crippen LogP contribution in [-0.2, 0) is 6.42 Å². The molecule has 2 atom stereocenters. The molecule has 0 aromatic heterocycles. The summed E-state index contributed by atoms with van der Waals surface area (Å²) in [7, 11) is 0. The number of halogens is 1. The highest BCUT2D eigenvalue weighted by atomic mass is 35.5. The zero-order valence-electron chi connectivity index (χ0n) is 13.7. The molecule has 2 unspecified atom stereocenters. The number of carbonyl (C=O) groups is 1. The van der Waals surface area contributed by atoms with Crippen LogP contribution < -0.4 is 15.0 Å². The van der Waals surface area contributed by atoms with Crippen molar-refractivity contribution in [2.24, 2.45) is 0 Å². The second-order valence-corrected chi connectivity index (χ2v) is 6.96. The molecule has 5 heteroatoms. The number of amides is 2. The number of hydrogen-bond acceptors (Lipinski definition) is 2. The number of rotatable bonds is 2. The fourth-order valence-electron chi connectivity index (χ4n) is 3.62. The molecule has 24 heavy (non-hydrogen) atoms. The minimum Gasteiger partial charge on any atom is -0.467 e. The predicted molar refractivity (Wildman–Crippen MR) is 94.7 cm³/mol. The Balaban J connectivity index is 1.76. The first-order valence-corrected chi connectivity index (χ1v) is 8.56. The second kappa shape index (κ2) is 5.42. The van der Waals surface area contributed by atoms with Gasteiger partial charge in [0.05, 0.1) is 6.04 Å². The Morgan fingerprint density at radius 2 is 2.04 bits per heavy atom. The monoisotopic (exact) mass is 342 g/mol. The Hall–Kier alpha value is -2.20. The van der Waals surface area contributed by atoms with Gasteiger partial charge in [0.2, 0.25) is 0 Å². The van der Waals surface area contributed by atoms with Gasteiger partial charge in [-0.15, -0.1) is 0 Å². The maximum absolute atomic E-state index is 12.8. The Bertz CT molecular complexity index is 806. The number of aryl methyl sites for hydroxylation is 1. The highest BCUT2D eigenvalue weighted by Gasteiger charge is 2.49. The first-order chi connectivity index (χ1) is 11.5. The number of nitrogens with zero attached hydrogens (tertiary/aromatic N) is 1. The topological polar surface area (TPSA) is 41.6 Å². The van der Waals surface area contributed by atoms with Crippen LogP contribution in [0.2, 0.25) is 5.02 Å². The summed E-state index contributed by atoms with van der Waals surface area (Å²) in [4.78, 5) is 14.5. The third kappa shape index (κ3) is 2.33. The molecule has 0 spiro atoms. The SMILES string of the molecule is CCc1ccc(N2C(=O)NC3CC2(C)Oc2ccc(Cl)cc23)cc1. The summed E-state index contributed by atoms with van der Waals surface area (Å²) in [5.74, 6) is 0.772. The van der Waals surface area contributed by atoms with Gasteiger partial charge in [0.15, 0.2) is 5.72 Å². The Labute approximate surface area is 146 Å². The van der Waals surface area contributed by atoms with Gasteiger partial charge in [-0.05, 0) is 49.2 Å². The summed E-state index contributed by atoms with van der Waals surface area (Å²) < 4.78 is 6.25. The highest BCUT2D eigenvalue weighted by molar-refractivity contribution is 6.30. The summed E-state index contributed by atoms with van der Waals surface area (Å²) in [5, 5.41) is 3.73. The largest absolute Gasteiger partial charge is 0.467 e. The fourth-order valence-corrected chi connectivity index (χ4v) is 3.80. The van der Waals surface area contributed by atoms with E-state index in [9.17, 15) is 4.79 Å². The fraction of sp³-hybridized carbons (Fsp3) is 0.316. The minimum absolute atomic E-state index is 0.0869. The number of benzene rings is 2. The van der Waals surface area contributed by atoms with Crippen molar-refractivity contribution < 1.29 is 9.53 Å². The molecule has 0 saturated carbocycles. The van der Waals surface area contributed by atoms with Gasteiger partial charge in [-0.3, -0.25) is 4.90 Å². The van der Waals surface area contributed by atoms with E-state index in [1.807, 2.05) is 37.3 Å². The number of urea groups is 1. The van der Waals surface area contributed by atoms with Crippen molar-refractivity contribution >= 4 is 23.3 Å². The van der Waals surface area contributed by atoms with E-state index >= 15 is 0 Å². The number of nitrogens with one attached hydrogen (secondary N) is 1. The molecule has 2 aliphatic rings. The lowest BCUT2D eigenvalue weighted by atomic mass is 9.90. The summed E-state index contributed by atoms with van der Waals surface area (Å²) >= 11 is 6.10. The van der Waals surface area contributed by atoms with E-state index < -0.39 is 5.72 Å². The molecule has 2 aromatic carbocycles. The first-order valence-electron chi connectivity index (χ1n) is 8.18. The van der Waals surface area contributed by atoms with Gasteiger partial charge in [0.1, 0.15) is 5.75 Å². The molecule has 0 aliphatic carbocycles. The second-order valence-electron chi connectivity index (χ2n) is 6.52. The van der Waals surface area contributed by atoms with Crippen LogP contribution in [0.4, 0.5) is 10.5 Å².